The third kappa shape index (κ3) is 3.81. The third-order valence-corrected chi connectivity index (χ3v) is 5.58. The number of piperidine rings is 1. The third-order valence-electron chi connectivity index (χ3n) is 5.35. The molecule has 1 aliphatic rings. The summed E-state index contributed by atoms with van der Waals surface area (Å²) in [5.41, 5.74) is 2.26. The Morgan fingerprint density at radius 2 is 1.80 bits per heavy atom. The van der Waals surface area contributed by atoms with Crippen molar-refractivity contribution >= 4 is 28.2 Å². The van der Waals surface area contributed by atoms with Gasteiger partial charge in [-0.05, 0) is 30.3 Å². The number of hydrogen-bond acceptors (Lipinski definition) is 6. The Labute approximate surface area is 180 Å². The number of fused-ring (bicyclic) bond motifs is 1. The second-order valence-corrected chi connectivity index (χ2v) is 7.53. The molecule has 0 aliphatic carbocycles. The number of para-hydroxylation sites is 1. The fraction of sp³-hybridized carbons (Fsp3) is 0.304. The fourth-order valence-electron chi connectivity index (χ4n) is 3.87. The number of benzene rings is 2. The lowest BCUT2D eigenvalue weighted by Crippen LogP contribution is -2.38. The minimum Gasteiger partial charge on any atom is -0.493 e. The van der Waals surface area contributed by atoms with E-state index in [0.717, 1.165) is 42.5 Å². The summed E-state index contributed by atoms with van der Waals surface area (Å²) in [6.07, 6.45) is 3.26. The van der Waals surface area contributed by atoms with Gasteiger partial charge in [0, 0.05) is 42.5 Å². The van der Waals surface area contributed by atoms with Crippen LogP contribution in [0.2, 0.25) is 5.02 Å². The Hall–Kier alpha value is -3.17. The van der Waals surface area contributed by atoms with Crippen LogP contribution in [-0.2, 0) is 0 Å². The summed E-state index contributed by atoms with van der Waals surface area (Å²) in [6.45, 7) is 1.50. The second kappa shape index (κ2) is 8.68. The number of aromatic nitrogens is 1. The lowest BCUT2D eigenvalue weighted by atomic mass is 10.0. The maximum atomic E-state index is 9.64. The normalized spacial score (nSPS) is 14.4. The van der Waals surface area contributed by atoms with Gasteiger partial charge in [-0.15, -0.1) is 0 Å². The van der Waals surface area contributed by atoms with Gasteiger partial charge >= 0.3 is 0 Å². The molecule has 2 heterocycles. The van der Waals surface area contributed by atoms with Crippen LogP contribution in [0.4, 0.5) is 5.69 Å². The molecule has 6 nitrogen and oxygen atoms in total. The summed E-state index contributed by atoms with van der Waals surface area (Å²) in [7, 11) is 3.24. The molecule has 2 aromatic carbocycles. The molecule has 4 rings (SSSR count). The van der Waals surface area contributed by atoms with Crippen molar-refractivity contribution < 1.29 is 14.2 Å². The van der Waals surface area contributed by atoms with E-state index in [1.54, 1.807) is 20.4 Å². The number of halogens is 1. The highest BCUT2D eigenvalue weighted by Gasteiger charge is 2.26. The highest BCUT2D eigenvalue weighted by Crippen LogP contribution is 2.39. The number of anilines is 1. The number of ether oxygens (including phenoxy) is 3. The summed E-state index contributed by atoms with van der Waals surface area (Å²) in [4.78, 5) is 6.62. The van der Waals surface area contributed by atoms with Gasteiger partial charge in [0.2, 0.25) is 5.75 Å². The van der Waals surface area contributed by atoms with E-state index in [0.29, 0.717) is 27.8 Å². The van der Waals surface area contributed by atoms with Crippen LogP contribution in [0.25, 0.3) is 10.9 Å². The lowest BCUT2D eigenvalue weighted by Gasteiger charge is -2.35. The Balaban J connectivity index is 1.57. The van der Waals surface area contributed by atoms with E-state index in [-0.39, 0.29) is 6.10 Å². The van der Waals surface area contributed by atoms with Gasteiger partial charge < -0.3 is 19.1 Å². The van der Waals surface area contributed by atoms with Gasteiger partial charge in [0.25, 0.3) is 0 Å². The minimum atomic E-state index is 0.0219. The number of nitrogens with zero attached hydrogens (tertiary/aromatic N) is 3. The molecule has 0 radical (unpaired) electrons. The molecule has 0 N–H and O–H groups in total. The number of pyridine rings is 1. The monoisotopic (exact) mass is 423 g/mol. The Bertz CT molecular complexity index is 1080. The summed E-state index contributed by atoms with van der Waals surface area (Å²) >= 11 is 6.22. The predicted octanol–water partition coefficient (Wildman–Crippen LogP) is 4.82. The van der Waals surface area contributed by atoms with Crippen LogP contribution in [-0.4, -0.2) is 38.4 Å². The van der Waals surface area contributed by atoms with Crippen LogP contribution in [0.5, 0.6) is 17.2 Å². The first-order chi connectivity index (χ1) is 14.6. The van der Waals surface area contributed by atoms with Crippen molar-refractivity contribution in [1.82, 2.24) is 4.98 Å². The minimum absolute atomic E-state index is 0.0219. The first kappa shape index (κ1) is 20.1. The molecule has 1 fully saturated rings. The molecular weight excluding hydrogens is 402 g/mol. The van der Waals surface area contributed by atoms with Crippen molar-refractivity contribution in [3.8, 4) is 23.3 Å². The van der Waals surface area contributed by atoms with Gasteiger partial charge in [-0.3, -0.25) is 4.98 Å². The molecule has 30 heavy (non-hydrogen) atoms. The topological polar surface area (TPSA) is 67.6 Å². The molecule has 1 saturated heterocycles. The molecule has 0 unspecified atom stereocenters. The summed E-state index contributed by atoms with van der Waals surface area (Å²) in [5, 5.41) is 11.2. The molecule has 3 aromatic rings. The molecule has 0 spiro atoms. The Morgan fingerprint density at radius 1 is 1.10 bits per heavy atom. The van der Waals surface area contributed by atoms with Crippen molar-refractivity contribution in [1.29, 1.82) is 5.26 Å². The van der Waals surface area contributed by atoms with Crippen LogP contribution in [0.1, 0.15) is 18.4 Å². The van der Waals surface area contributed by atoms with Crippen LogP contribution in [0.15, 0.2) is 42.6 Å². The van der Waals surface area contributed by atoms with Crippen LogP contribution >= 0.6 is 11.6 Å². The second-order valence-electron chi connectivity index (χ2n) is 7.09. The lowest BCUT2D eigenvalue weighted by molar-refractivity contribution is 0.158. The average molecular weight is 424 g/mol. The van der Waals surface area contributed by atoms with Crippen molar-refractivity contribution in [2.75, 3.05) is 32.2 Å². The van der Waals surface area contributed by atoms with Crippen molar-refractivity contribution in [2.24, 2.45) is 0 Å². The van der Waals surface area contributed by atoms with E-state index >= 15 is 0 Å². The largest absolute Gasteiger partial charge is 0.493 e. The van der Waals surface area contributed by atoms with Crippen molar-refractivity contribution in [3.05, 3.63) is 53.2 Å². The maximum absolute atomic E-state index is 9.64. The Morgan fingerprint density at radius 3 is 2.43 bits per heavy atom. The van der Waals surface area contributed by atoms with Gasteiger partial charge in [-0.25, -0.2) is 0 Å². The van der Waals surface area contributed by atoms with Gasteiger partial charge in [-0.2, -0.15) is 5.26 Å². The van der Waals surface area contributed by atoms with E-state index in [4.69, 9.17) is 25.8 Å². The van der Waals surface area contributed by atoms with Crippen LogP contribution < -0.4 is 19.1 Å². The van der Waals surface area contributed by atoms with Crippen LogP contribution in [0, 0.1) is 11.3 Å². The first-order valence-electron chi connectivity index (χ1n) is 9.75. The van der Waals surface area contributed by atoms with E-state index in [9.17, 15) is 5.26 Å². The van der Waals surface area contributed by atoms with E-state index < -0.39 is 0 Å². The average Bonchev–Trinajstić information content (AvgIpc) is 2.79. The maximum Gasteiger partial charge on any atom is 0.203 e. The number of methoxy groups -OCH3 is 2. The molecular formula is C23H22ClN3O3. The highest BCUT2D eigenvalue weighted by molar-refractivity contribution is 6.31. The van der Waals surface area contributed by atoms with Gasteiger partial charge in [0.05, 0.1) is 31.0 Å². The standard InChI is InChI=1S/C23H22ClN3O3/c1-28-20-4-3-5-21(29-2)23(20)30-17-8-10-27(11-9-17)22-15(13-25)14-26-19-7-6-16(24)12-18(19)22/h3-7,12,14,17H,8-11H2,1-2H3. The van der Waals surface area contributed by atoms with Gasteiger partial charge in [0.15, 0.2) is 11.5 Å². The molecule has 1 aromatic heterocycles. The fourth-order valence-corrected chi connectivity index (χ4v) is 4.04. The molecule has 0 saturated carbocycles. The SMILES string of the molecule is COc1cccc(OC)c1OC1CCN(c2c(C#N)cnc3ccc(Cl)cc23)CC1. The zero-order valence-corrected chi connectivity index (χ0v) is 17.6. The molecule has 1 aliphatic heterocycles. The summed E-state index contributed by atoms with van der Waals surface area (Å²) in [6, 6.07) is 13.4. The van der Waals surface area contributed by atoms with Gasteiger partial charge in [-0.1, -0.05) is 17.7 Å². The summed E-state index contributed by atoms with van der Waals surface area (Å²) < 4.78 is 17.1. The number of nitriles is 1. The van der Waals surface area contributed by atoms with Gasteiger partial charge in [0.1, 0.15) is 12.2 Å². The van der Waals surface area contributed by atoms with Crippen LogP contribution in [0.3, 0.4) is 0 Å². The number of hydrogen-bond donors (Lipinski definition) is 0. The van der Waals surface area contributed by atoms with E-state index in [2.05, 4.69) is 16.0 Å². The van der Waals surface area contributed by atoms with E-state index in [1.807, 2.05) is 36.4 Å². The zero-order chi connectivity index (χ0) is 21.1. The molecule has 154 valence electrons. The summed E-state index contributed by atoms with van der Waals surface area (Å²) in [5.74, 6) is 1.93. The molecule has 0 amide bonds. The molecule has 7 heteroatoms. The Kier molecular flexibility index (Phi) is 5.82. The number of rotatable bonds is 5. The zero-order valence-electron chi connectivity index (χ0n) is 16.9. The van der Waals surface area contributed by atoms with Crippen molar-refractivity contribution in [2.45, 2.75) is 18.9 Å². The molecule has 0 atom stereocenters. The van der Waals surface area contributed by atoms with Crippen molar-refractivity contribution in [3.63, 3.8) is 0 Å². The highest BCUT2D eigenvalue weighted by atomic mass is 35.5. The predicted molar refractivity (Wildman–Crippen MR) is 117 cm³/mol. The molecule has 0 bridgehead atoms. The quantitative estimate of drug-likeness (QED) is 0.585. The smallest absolute Gasteiger partial charge is 0.203 e. The first-order valence-corrected chi connectivity index (χ1v) is 10.1. The van der Waals surface area contributed by atoms with E-state index in [1.165, 1.54) is 0 Å².